The first-order valence-corrected chi connectivity index (χ1v) is 13.7. The zero-order chi connectivity index (χ0) is 26.8. The highest BCUT2D eigenvalue weighted by molar-refractivity contribution is 7.91. The lowest BCUT2D eigenvalue weighted by Crippen LogP contribution is -2.40. The van der Waals surface area contributed by atoms with Gasteiger partial charge in [-0.25, -0.2) is 18.4 Å². The van der Waals surface area contributed by atoms with Crippen LogP contribution in [0.15, 0.2) is 64.6 Å². The first-order valence-electron chi connectivity index (χ1n) is 12.2. The molecule has 1 fully saturated rings. The van der Waals surface area contributed by atoms with Gasteiger partial charge < -0.3 is 20.7 Å². The van der Waals surface area contributed by atoms with Crippen molar-refractivity contribution in [3.05, 3.63) is 65.9 Å². The molecule has 4 rings (SSSR count). The van der Waals surface area contributed by atoms with Crippen LogP contribution >= 0.6 is 0 Å². The minimum Gasteiger partial charge on any atom is -0.497 e. The van der Waals surface area contributed by atoms with Gasteiger partial charge in [0, 0.05) is 24.8 Å². The van der Waals surface area contributed by atoms with Crippen LogP contribution in [-0.2, 0) is 16.3 Å². The third-order valence-electron chi connectivity index (χ3n) is 6.61. The van der Waals surface area contributed by atoms with Crippen molar-refractivity contribution in [2.45, 2.75) is 49.1 Å². The van der Waals surface area contributed by atoms with E-state index < -0.39 is 15.7 Å². The molecule has 0 saturated carbocycles. The molecule has 0 bridgehead atoms. The molecule has 1 aliphatic heterocycles. The van der Waals surface area contributed by atoms with E-state index in [0.29, 0.717) is 31.2 Å². The summed E-state index contributed by atoms with van der Waals surface area (Å²) in [7, 11) is -2.54. The van der Waals surface area contributed by atoms with Gasteiger partial charge >= 0.3 is 0 Å². The van der Waals surface area contributed by atoms with Gasteiger partial charge in [-0.15, -0.1) is 0 Å². The van der Waals surface area contributed by atoms with Crippen molar-refractivity contribution in [3.63, 3.8) is 0 Å². The number of hydrogen-bond donors (Lipinski definition) is 2. The number of ether oxygens (including phenoxy) is 1. The number of nitrogens with one attached hydrogen (secondary N) is 1. The second-order valence-corrected chi connectivity index (χ2v) is 11.9. The minimum atomic E-state index is -4.16. The molecule has 3 N–H and O–H groups in total. The topological polar surface area (TPSA) is 128 Å². The smallest absolute Gasteiger partial charge is 0.253 e. The summed E-state index contributed by atoms with van der Waals surface area (Å²) in [6.07, 6.45) is 2.98. The fraction of sp³-hybridized carbons (Fsp3) is 0.370. The van der Waals surface area contributed by atoms with E-state index in [4.69, 9.17) is 10.5 Å². The molecular weight excluding hydrogens is 490 g/mol. The number of amides is 1. The first kappa shape index (κ1) is 26.4. The number of nitrogens with zero attached hydrogens (tertiary/aromatic N) is 3. The molecule has 9 nitrogen and oxygen atoms in total. The van der Waals surface area contributed by atoms with Crippen molar-refractivity contribution in [1.82, 2.24) is 9.97 Å². The molecule has 1 unspecified atom stereocenters. The zero-order valence-electron chi connectivity index (χ0n) is 21.6. The Morgan fingerprint density at radius 3 is 2.65 bits per heavy atom. The van der Waals surface area contributed by atoms with Gasteiger partial charge in [0.25, 0.3) is 5.91 Å². The number of carbonyl (C=O) groups is 1. The van der Waals surface area contributed by atoms with E-state index in [1.165, 1.54) is 18.3 Å². The number of methoxy groups -OCH3 is 1. The van der Waals surface area contributed by atoms with Crippen molar-refractivity contribution in [1.29, 1.82) is 0 Å². The third kappa shape index (κ3) is 5.53. The Labute approximate surface area is 218 Å². The van der Waals surface area contributed by atoms with Crippen molar-refractivity contribution in [2.24, 2.45) is 11.7 Å². The monoisotopic (exact) mass is 523 g/mol. The number of anilines is 2. The van der Waals surface area contributed by atoms with E-state index >= 15 is 0 Å². The number of nitrogens with two attached hydrogens (primary N) is 1. The third-order valence-corrected chi connectivity index (χ3v) is 8.31. The Morgan fingerprint density at radius 2 is 1.97 bits per heavy atom. The summed E-state index contributed by atoms with van der Waals surface area (Å²) in [5, 5.41) is 3.00. The van der Waals surface area contributed by atoms with E-state index in [-0.39, 0.29) is 26.8 Å². The van der Waals surface area contributed by atoms with Crippen LogP contribution in [0.2, 0.25) is 0 Å². The second kappa shape index (κ2) is 10.4. The molecule has 1 aromatic carbocycles. The second-order valence-electron chi connectivity index (χ2n) is 10.00. The standard InChI is InChI=1S/C27H33N5O4S/c1-18-16-27(2,3)32(17-18)26-24(25(28)33)21(12-14-30-26)37(34,35)23-10-6-9-22(31-23)29-13-11-19-7-5-8-20(15-19)36-4/h5-10,12,14-15,18H,11,13,16-17H2,1-4H3,(H2,28,33)(H,29,31). The summed E-state index contributed by atoms with van der Waals surface area (Å²) in [5.74, 6) is 0.991. The molecule has 1 atom stereocenters. The summed E-state index contributed by atoms with van der Waals surface area (Å²) >= 11 is 0. The SMILES string of the molecule is COc1cccc(CCNc2cccc(S(=O)(=O)c3ccnc(N4CC(C)CC4(C)C)c3C(N)=O)n2)c1. The van der Waals surface area contributed by atoms with E-state index in [1.807, 2.05) is 43.0 Å². The summed E-state index contributed by atoms with van der Waals surface area (Å²) in [6.45, 7) is 7.40. The molecular formula is C27H33N5O4S. The fourth-order valence-corrected chi connectivity index (χ4v) is 6.39. The Kier molecular flexibility index (Phi) is 7.40. The van der Waals surface area contributed by atoms with Crippen molar-refractivity contribution >= 4 is 27.4 Å². The maximum Gasteiger partial charge on any atom is 0.253 e. The van der Waals surface area contributed by atoms with Gasteiger partial charge in [0.1, 0.15) is 22.9 Å². The summed E-state index contributed by atoms with van der Waals surface area (Å²) in [4.78, 5) is 23.1. The number of rotatable bonds is 9. The molecule has 10 heteroatoms. The summed E-state index contributed by atoms with van der Waals surface area (Å²) in [5.41, 5.74) is 6.40. The molecule has 1 aliphatic rings. The normalized spacial score (nSPS) is 17.0. The molecule has 1 saturated heterocycles. The van der Waals surface area contributed by atoms with E-state index in [9.17, 15) is 13.2 Å². The number of sulfone groups is 1. The number of aromatic nitrogens is 2. The molecule has 0 radical (unpaired) electrons. The van der Waals surface area contributed by atoms with Gasteiger partial charge in [-0.05, 0) is 68.5 Å². The highest BCUT2D eigenvalue weighted by Gasteiger charge is 2.40. The van der Waals surface area contributed by atoms with Crippen LogP contribution in [0.4, 0.5) is 11.6 Å². The summed E-state index contributed by atoms with van der Waals surface area (Å²) in [6, 6.07) is 13.8. The molecule has 0 aliphatic carbocycles. The zero-order valence-corrected chi connectivity index (χ0v) is 22.4. The van der Waals surface area contributed by atoms with Gasteiger partial charge in [0.2, 0.25) is 9.84 Å². The van der Waals surface area contributed by atoms with Crippen LogP contribution in [0, 0.1) is 5.92 Å². The number of primary amides is 1. The van der Waals surface area contributed by atoms with Gasteiger partial charge in [0.05, 0.1) is 12.0 Å². The largest absolute Gasteiger partial charge is 0.497 e. The number of carbonyl (C=O) groups excluding carboxylic acids is 1. The lowest BCUT2D eigenvalue weighted by Gasteiger charge is -2.33. The molecule has 37 heavy (non-hydrogen) atoms. The Morgan fingerprint density at radius 1 is 1.22 bits per heavy atom. The van der Waals surface area contributed by atoms with Gasteiger partial charge in [-0.1, -0.05) is 25.1 Å². The maximum atomic E-state index is 13.7. The summed E-state index contributed by atoms with van der Waals surface area (Å²) < 4.78 is 32.7. The average molecular weight is 524 g/mol. The number of pyridine rings is 2. The van der Waals surface area contributed by atoms with Crippen LogP contribution in [0.5, 0.6) is 5.75 Å². The maximum absolute atomic E-state index is 13.7. The lowest BCUT2D eigenvalue weighted by molar-refractivity contribution is 0.0997. The van der Waals surface area contributed by atoms with Crippen molar-refractivity contribution in [3.8, 4) is 5.75 Å². The highest BCUT2D eigenvalue weighted by atomic mass is 32.2. The van der Waals surface area contributed by atoms with Crippen LogP contribution < -0.4 is 20.7 Å². The Hall–Kier alpha value is -3.66. The predicted molar refractivity (Wildman–Crippen MR) is 143 cm³/mol. The fourth-order valence-electron chi connectivity index (χ4n) is 4.99. The van der Waals surface area contributed by atoms with Crippen molar-refractivity contribution < 1.29 is 17.9 Å². The molecule has 1 amide bonds. The van der Waals surface area contributed by atoms with Gasteiger partial charge in [-0.2, -0.15) is 0 Å². The van der Waals surface area contributed by atoms with Gasteiger partial charge in [0.15, 0.2) is 5.03 Å². The molecule has 2 aromatic heterocycles. The highest BCUT2D eigenvalue weighted by Crippen LogP contribution is 2.39. The number of benzene rings is 1. The van der Waals surface area contributed by atoms with Gasteiger partial charge in [-0.3, -0.25) is 4.79 Å². The lowest BCUT2D eigenvalue weighted by atomic mass is 9.97. The Bertz CT molecular complexity index is 1410. The van der Waals surface area contributed by atoms with Crippen LogP contribution in [0.25, 0.3) is 0 Å². The molecule has 0 spiro atoms. The van der Waals surface area contributed by atoms with Crippen LogP contribution in [0.3, 0.4) is 0 Å². The predicted octanol–water partition coefficient (Wildman–Crippen LogP) is 3.70. The van der Waals surface area contributed by atoms with E-state index in [2.05, 4.69) is 22.2 Å². The average Bonchev–Trinajstić information content (AvgIpc) is 3.15. The molecule has 3 heterocycles. The van der Waals surface area contributed by atoms with E-state index in [1.54, 1.807) is 19.2 Å². The van der Waals surface area contributed by atoms with Crippen LogP contribution in [-0.4, -0.2) is 50.0 Å². The minimum absolute atomic E-state index is 0.108. The molecule has 3 aromatic rings. The first-order chi connectivity index (χ1) is 17.5. The molecule has 196 valence electrons. The van der Waals surface area contributed by atoms with Crippen LogP contribution in [0.1, 0.15) is 43.1 Å². The quantitative estimate of drug-likeness (QED) is 0.435. The van der Waals surface area contributed by atoms with E-state index in [0.717, 1.165) is 17.7 Å². The number of hydrogen-bond acceptors (Lipinski definition) is 8. The Balaban J connectivity index is 1.62. The van der Waals surface area contributed by atoms with Crippen molar-refractivity contribution in [2.75, 3.05) is 30.4 Å².